The van der Waals surface area contributed by atoms with Crippen LogP contribution in [0.15, 0.2) is 12.1 Å². The number of carbonyl (C=O) groups is 1. The van der Waals surface area contributed by atoms with Crippen LogP contribution in [0.4, 0.5) is 5.69 Å². The molecule has 0 saturated carbocycles. The van der Waals surface area contributed by atoms with Gasteiger partial charge in [0.1, 0.15) is 5.75 Å². The SMILES string of the molecule is CCN(CC)C1CCN(C(=O)c2cc(Cl)c(N)cc2OC)C1.Cl.Cl. The van der Waals surface area contributed by atoms with E-state index in [0.717, 1.165) is 32.6 Å². The number of hydrogen-bond acceptors (Lipinski definition) is 4. The molecular weight excluding hydrogens is 373 g/mol. The minimum Gasteiger partial charge on any atom is -0.496 e. The van der Waals surface area contributed by atoms with Gasteiger partial charge >= 0.3 is 0 Å². The number of methoxy groups -OCH3 is 1. The minimum atomic E-state index is -0.0478. The van der Waals surface area contributed by atoms with Gasteiger partial charge in [-0.3, -0.25) is 9.69 Å². The second-order valence-corrected chi connectivity index (χ2v) is 5.90. The number of nitrogens with zero attached hydrogens (tertiary/aromatic N) is 2. The van der Waals surface area contributed by atoms with Gasteiger partial charge in [0.2, 0.25) is 0 Å². The lowest BCUT2D eigenvalue weighted by Gasteiger charge is -2.26. The molecule has 1 atom stereocenters. The number of nitrogen functional groups attached to an aromatic ring is 1. The molecule has 1 aliphatic heterocycles. The lowest BCUT2D eigenvalue weighted by Crippen LogP contribution is -2.38. The van der Waals surface area contributed by atoms with Crippen LogP contribution < -0.4 is 10.5 Å². The number of hydrogen-bond donors (Lipinski definition) is 1. The molecule has 1 aliphatic rings. The molecule has 1 saturated heterocycles. The van der Waals surface area contributed by atoms with Crippen molar-refractivity contribution in [2.24, 2.45) is 0 Å². The summed E-state index contributed by atoms with van der Waals surface area (Å²) in [5, 5.41) is 0.378. The van der Waals surface area contributed by atoms with Crippen LogP contribution in [0.25, 0.3) is 0 Å². The molecule has 0 aliphatic carbocycles. The molecule has 8 heteroatoms. The molecule has 0 spiro atoms. The lowest BCUT2D eigenvalue weighted by atomic mass is 10.1. The van der Waals surface area contributed by atoms with E-state index < -0.39 is 0 Å². The average molecular weight is 399 g/mol. The molecule has 1 amide bonds. The number of amides is 1. The first-order chi connectivity index (χ1) is 10.5. The number of ether oxygens (including phenoxy) is 1. The van der Waals surface area contributed by atoms with Gasteiger partial charge in [-0.25, -0.2) is 0 Å². The fourth-order valence-electron chi connectivity index (χ4n) is 3.04. The molecule has 0 bridgehead atoms. The zero-order chi connectivity index (χ0) is 16.3. The monoisotopic (exact) mass is 397 g/mol. The van der Waals surface area contributed by atoms with Gasteiger partial charge in [0.15, 0.2) is 0 Å². The van der Waals surface area contributed by atoms with Gasteiger partial charge in [0.05, 0.1) is 23.4 Å². The van der Waals surface area contributed by atoms with E-state index in [2.05, 4.69) is 18.7 Å². The molecule has 1 aromatic carbocycles. The Balaban J connectivity index is 0.00000264. The molecule has 1 aromatic rings. The summed E-state index contributed by atoms with van der Waals surface area (Å²) >= 11 is 6.06. The third kappa shape index (κ3) is 4.82. The van der Waals surface area contributed by atoms with E-state index in [1.54, 1.807) is 12.1 Å². The molecule has 1 heterocycles. The van der Waals surface area contributed by atoms with Crippen LogP contribution in [0.2, 0.25) is 5.02 Å². The zero-order valence-electron chi connectivity index (χ0n) is 14.3. The highest BCUT2D eigenvalue weighted by molar-refractivity contribution is 6.33. The maximum Gasteiger partial charge on any atom is 0.257 e. The van der Waals surface area contributed by atoms with E-state index in [4.69, 9.17) is 22.1 Å². The Kier molecular flexibility index (Phi) is 9.81. The topological polar surface area (TPSA) is 58.8 Å². The smallest absolute Gasteiger partial charge is 0.257 e. The Morgan fingerprint density at radius 3 is 2.54 bits per heavy atom. The number of carbonyl (C=O) groups excluding carboxylic acids is 1. The van der Waals surface area contributed by atoms with Gasteiger partial charge in [-0.2, -0.15) is 0 Å². The summed E-state index contributed by atoms with van der Waals surface area (Å²) in [6, 6.07) is 3.63. The molecule has 2 N–H and O–H groups in total. The molecule has 24 heavy (non-hydrogen) atoms. The van der Waals surface area contributed by atoms with Crippen LogP contribution in [0.1, 0.15) is 30.6 Å². The van der Waals surface area contributed by atoms with E-state index in [9.17, 15) is 4.79 Å². The predicted octanol–water partition coefficient (Wildman–Crippen LogP) is 3.33. The Morgan fingerprint density at radius 1 is 1.38 bits per heavy atom. The van der Waals surface area contributed by atoms with Crippen molar-refractivity contribution < 1.29 is 9.53 Å². The molecular formula is C16H26Cl3N3O2. The molecule has 0 aromatic heterocycles. The van der Waals surface area contributed by atoms with E-state index in [1.165, 1.54) is 7.11 Å². The highest BCUT2D eigenvalue weighted by Gasteiger charge is 2.31. The van der Waals surface area contributed by atoms with Gasteiger partial charge in [-0.1, -0.05) is 25.4 Å². The number of likely N-dealkylation sites (tertiary alicyclic amines) is 1. The Hall–Kier alpha value is -0.880. The van der Waals surface area contributed by atoms with Crippen LogP contribution in [0, 0.1) is 0 Å². The molecule has 1 fully saturated rings. The standard InChI is InChI=1S/C16H24ClN3O2.2ClH/c1-4-19(5-2)11-6-7-20(10-11)16(21)12-8-13(17)14(18)9-15(12)22-3;;/h8-9,11H,4-7,10,18H2,1-3H3;2*1H. The largest absolute Gasteiger partial charge is 0.496 e. The van der Waals surface area contributed by atoms with E-state index in [-0.39, 0.29) is 30.7 Å². The number of likely N-dealkylation sites (N-methyl/N-ethyl adjacent to an activating group) is 1. The van der Waals surface area contributed by atoms with Crippen molar-refractivity contribution in [3.05, 3.63) is 22.7 Å². The van der Waals surface area contributed by atoms with Crippen molar-refractivity contribution in [2.75, 3.05) is 39.0 Å². The molecule has 138 valence electrons. The van der Waals surface area contributed by atoms with Gasteiger partial charge in [0, 0.05) is 25.2 Å². The van der Waals surface area contributed by atoms with E-state index in [0.29, 0.717) is 28.1 Å². The fourth-order valence-corrected chi connectivity index (χ4v) is 3.20. The van der Waals surface area contributed by atoms with E-state index >= 15 is 0 Å². The summed E-state index contributed by atoms with van der Waals surface area (Å²) in [4.78, 5) is 17.0. The van der Waals surface area contributed by atoms with Gasteiger partial charge < -0.3 is 15.4 Å². The summed E-state index contributed by atoms with van der Waals surface area (Å²) in [7, 11) is 1.53. The van der Waals surface area contributed by atoms with Crippen LogP contribution in [-0.2, 0) is 0 Å². The summed E-state index contributed by atoms with van der Waals surface area (Å²) in [5.41, 5.74) is 6.66. The van der Waals surface area contributed by atoms with Crippen molar-refractivity contribution in [2.45, 2.75) is 26.3 Å². The molecule has 1 unspecified atom stereocenters. The third-order valence-electron chi connectivity index (χ3n) is 4.33. The first kappa shape index (κ1) is 23.1. The number of halogens is 3. The average Bonchev–Trinajstić information content (AvgIpc) is 3.00. The van der Waals surface area contributed by atoms with Crippen LogP contribution in [-0.4, -0.2) is 55.0 Å². The number of rotatable bonds is 5. The predicted molar refractivity (Wildman–Crippen MR) is 104 cm³/mol. The Morgan fingerprint density at radius 2 is 2.00 bits per heavy atom. The number of benzene rings is 1. The first-order valence-electron chi connectivity index (χ1n) is 7.68. The van der Waals surface area contributed by atoms with E-state index in [1.807, 2.05) is 4.90 Å². The maximum absolute atomic E-state index is 12.8. The fraction of sp³-hybridized carbons (Fsp3) is 0.562. The van der Waals surface area contributed by atoms with Crippen molar-refractivity contribution in [3.63, 3.8) is 0 Å². The second-order valence-electron chi connectivity index (χ2n) is 5.49. The zero-order valence-corrected chi connectivity index (χ0v) is 16.6. The minimum absolute atomic E-state index is 0. The van der Waals surface area contributed by atoms with Crippen molar-refractivity contribution in [1.82, 2.24) is 9.80 Å². The summed E-state index contributed by atoms with van der Waals surface area (Å²) in [6.45, 7) is 7.80. The summed E-state index contributed by atoms with van der Waals surface area (Å²) in [6.07, 6.45) is 0.998. The van der Waals surface area contributed by atoms with Gasteiger partial charge in [-0.15, -0.1) is 24.8 Å². The second kappa shape index (κ2) is 10.2. The van der Waals surface area contributed by atoms with Gasteiger partial charge in [-0.05, 0) is 25.6 Å². The highest BCUT2D eigenvalue weighted by atomic mass is 35.5. The molecule has 2 rings (SSSR count). The summed E-state index contributed by atoms with van der Waals surface area (Å²) < 4.78 is 5.28. The van der Waals surface area contributed by atoms with Gasteiger partial charge in [0.25, 0.3) is 5.91 Å². The van der Waals surface area contributed by atoms with Crippen molar-refractivity contribution in [3.8, 4) is 5.75 Å². The normalized spacial score (nSPS) is 16.5. The van der Waals surface area contributed by atoms with Crippen LogP contribution in [0.5, 0.6) is 5.75 Å². The van der Waals surface area contributed by atoms with Crippen molar-refractivity contribution in [1.29, 1.82) is 0 Å². The Bertz CT molecular complexity index is 554. The lowest BCUT2D eigenvalue weighted by molar-refractivity contribution is 0.0774. The van der Waals surface area contributed by atoms with Crippen LogP contribution in [0.3, 0.4) is 0 Å². The summed E-state index contributed by atoms with van der Waals surface area (Å²) in [5.74, 6) is 0.423. The highest BCUT2D eigenvalue weighted by Crippen LogP contribution is 2.30. The Labute approximate surface area is 161 Å². The van der Waals surface area contributed by atoms with Crippen molar-refractivity contribution >= 4 is 48.0 Å². The number of anilines is 1. The quantitative estimate of drug-likeness (QED) is 0.773. The van der Waals surface area contributed by atoms with Crippen LogP contribution >= 0.6 is 36.4 Å². The number of nitrogens with two attached hydrogens (primary N) is 1. The third-order valence-corrected chi connectivity index (χ3v) is 4.66. The molecule has 5 nitrogen and oxygen atoms in total. The first-order valence-corrected chi connectivity index (χ1v) is 8.05. The molecule has 0 radical (unpaired) electrons. The maximum atomic E-state index is 12.8.